The van der Waals surface area contributed by atoms with Gasteiger partial charge in [-0.25, -0.2) is 4.98 Å². The predicted molar refractivity (Wildman–Crippen MR) is 70.0 cm³/mol. The second-order valence-electron chi connectivity index (χ2n) is 4.31. The Labute approximate surface area is 108 Å². The first-order chi connectivity index (χ1) is 7.52. The fraction of sp³-hybridized carbons (Fsp3) is 0.583. The molecule has 0 saturated heterocycles. The average molecular weight is 261 g/mol. The molecule has 0 bridgehead atoms. The van der Waals surface area contributed by atoms with Gasteiger partial charge in [0.15, 0.2) is 0 Å². The summed E-state index contributed by atoms with van der Waals surface area (Å²) in [7, 11) is 2.09. The quantitative estimate of drug-likeness (QED) is 0.748. The van der Waals surface area contributed by atoms with E-state index < -0.39 is 0 Å². The number of hydrogen-bond donors (Lipinski definition) is 0. The van der Waals surface area contributed by atoms with Crippen LogP contribution in [-0.4, -0.2) is 23.5 Å². The predicted octanol–water partition coefficient (Wildman–Crippen LogP) is 3.87. The largest absolute Gasteiger partial charge is 0.302 e. The molecule has 0 aliphatic heterocycles. The maximum Gasteiger partial charge on any atom is 0.130 e. The van der Waals surface area contributed by atoms with Crippen LogP contribution in [0.4, 0.5) is 0 Å². The normalized spacial score (nSPS) is 13.1. The summed E-state index contributed by atoms with van der Waals surface area (Å²) in [6.07, 6.45) is 2.94. The molecule has 1 atom stereocenters. The zero-order valence-corrected chi connectivity index (χ0v) is 11.5. The Balaban J connectivity index is 2.59. The third-order valence-electron chi connectivity index (χ3n) is 2.66. The SMILES string of the molecule is CCC(C)CN(C)Cc1cnc(Cl)cc1Cl. The lowest BCUT2D eigenvalue weighted by atomic mass is 10.1. The fourth-order valence-corrected chi connectivity index (χ4v) is 1.99. The van der Waals surface area contributed by atoms with Gasteiger partial charge in [0.05, 0.1) is 0 Å². The van der Waals surface area contributed by atoms with Crippen LogP contribution < -0.4 is 0 Å². The van der Waals surface area contributed by atoms with Crippen molar-refractivity contribution in [3.63, 3.8) is 0 Å². The van der Waals surface area contributed by atoms with E-state index in [0.717, 1.165) is 18.7 Å². The molecule has 0 spiro atoms. The summed E-state index contributed by atoms with van der Waals surface area (Å²) < 4.78 is 0. The highest BCUT2D eigenvalue weighted by atomic mass is 35.5. The maximum atomic E-state index is 6.09. The van der Waals surface area contributed by atoms with E-state index in [1.165, 1.54) is 6.42 Å². The minimum atomic E-state index is 0.443. The summed E-state index contributed by atoms with van der Waals surface area (Å²) in [5.41, 5.74) is 1.02. The van der Waals surface area contributed by atoms with Crippen molar-refractivity contribution in [1.82, 2.24) is 9.88 Å². The summed E-state index contributed by atoms with van der Waals surface area (Å²) in [6, 6.07) is 1.69. The third-order valence-corrected chi connectivity index (χ3v) is 3.22. The van der Waals surface area contributed by atoms with Gasteiger partial charge in [0.2, 0.25) is 0 Å². The third kappa shape index (κ3) is 4.28. The van der Waals surface area contributed by atoms with Gasteiger partial charge in [0.1, 0.15) is 5.15 Å². The van der Waals surface area contributed by atoms with Gasteiger partial charge in [-0.05, 0) is 19.0 Å². The summed E-state index contributed by atoms with van der Waals surface area (Å²) in [5.74, 6) is 0.698. The number of pyridine rings is 1. The van der Waals surface area contributed by atoms with E-state index in [2.05, 4.69) is 30.8 Å². The molecule has 0 aromatic carbocycles. The van der Waals surface area contributed by atoms with Crippen LogP contribution in [0.1, 0.15) is 25.8 Å². The Morgan fingerprint density at radius 2 is 2.12 bits per heavy atom. The highest BCUT2D eigenvalue weighted by Gasteiger charge is 2.08. The van der Waals surface area contributed by atoms with Crippen molar-refractivity contribution in [2.24, 2.45) is 5.92 Å². The Hall–Kier alpha value is -0.310. The standard InChI is InChI=1S/C12H18Cl2N2/c1-4-9(2)7-16(3)8-10-6-15-12(14)5-11(10)13/h5-6,9H,4,7-8H2,1-3H3. The van der Waals surface area contributed by atoms with Gasteiger partial charge in [-0.15, -0.1) is 0 Å². The lowest BCUT2D eigenvalue weighted by Crippen LogP contribution is -2.23. The molecule has 0 fully saturated rings. The number of nitrogens with zero attached hydrogens (tertiary/aromatic N) is 2. The first-order valence-corrected chi connectivity index (χ1v) is 6.27. The lowest BCUT2D eigenvalue weighted by molar-refractivity contribution is 0.275. The summed E-state index contributed by atoms with van der Waals surface area (Å²) in [5, 5.41) is 1.13. The lowest BCUT2D eigenvalue weighted by Gasteiger charge is -2.20. The van der Waals surface area contributed by atoms with Crippen LogP contribution in [0.15, 0.2) is 12.3 Å². The second kappa shape index (κ2) is 6.43. The van der Waals surface area contributed by atoms with E-state index in [9.17, 15) is 0 Å². The van der Waals surface area contributed by atoms with Crippen LogP contribution in [0.3, 0.4) is 0 Å². The molecule has 1 aromatic heterocycles. The smallest absolute Gasteiger partial charge is 0.130 e. The van der Waals surface area contributed by atoms with Crippen LogP contribution in [0.2, 0.25) is 10.2 Å². The highest BCUT2D eigenvalue weighted by Crippen LogP contribution is 2.20. The monoisotopic (exact) mass is 260 g/mol. The van der Waals surface area contributed by atoms with Crippen molar-refractivity contribution in [1.29, 1.82) is 0 Å². The van der Waals surface area contributed by atoms with Crippen molar-refractivity contribution in [3.05, 3.63) is 28.0 Å². The summed E-state index contributed by atoms with van der Waals surface area (Å²) in [4.78, 5) is 6.30. The molecule has 0 N–H and O–H groups in total. The number of halogens is 2. The molecule has 0 aliphatic rings. The molecular formula is C12H18Cl2N2. The van der Waals surface area contributed by atoms with E-state index in [-0.39, 0.29) is 0 Å². The van der Waals surface area contributed by atoms with Crippen molar-refractivity contribution < 1.29 is 0 Å². The van der Waals surface area contributed by atoms with Gasteiger partial charge in [0, 0.05) is 29.9 Å². The van der Waals surface area contributed by atoms with E-state index >= 15 is 0 Å². The van der Waals surface area contributed by atoms with Crippen molar-refractivity contribution >= 4 is 23.2 Å². The minimum Gasteiger partial charge on any atom is -0.302 e. The molecule has 0 radical (unpaired) electrons. The zero-order chi connectivity index (χ0) is 12.1. The first kappa shape index (κ1) is 13.8. The molecule has 0 aliphatic carbocycles. The maximum absolute atomic E-state index is 6.09. The molecule has 2 nitrogen and oxygen atoms in total. The molecule has 90 valence electrons. The molecule has 4 heteroatoms. The van der Waals surface area contributed by atoms with Gasteiger partial charge < -0.3 is 4.90 Å². The van der Waals surface area contributed by atoms with Gasteiger partial charge in [-0.3, -0.25) is 0 Å². The number of rotatable bonds is 5. The highest BCUT2D eigenvalue weighted by molar-refractivity contribution is 6.34. The molecule has 1 heterocycles. The molecular weight excluding hydrogens is 243 g/mol. The first-order valence-electron chi connectivity index (χ1n) is 5.51. The second-order valence-corrected chi connectivity index (χ2v) is 5.10. The van der Waals surface area contributed by atoms with E-state index in [0.29, 0.717) is 16.1 Å². The van der Waals surface area contributed by atoms with Crippen molar-refractivity contribution in [2.45, 2.75) is 26.8 Å². The summed E-state index contributed by atoms with van der Waals surface area (Å²) >= 11 is 11.8. The van der Waals surface area contributed by atoms with Crippen LogP contribution in [-0.2, 0) is 6.54 Å². The zero-order valence-electron chi connectivity index (χ0n) is 10.0. The van der Waals surface area contributed by atoms with Crippen molar-refractivity contribution in [2.75, 3.05) is 13.6 Å². The van der Waals surface area contributed by atoms with E-state index in [1.54, 1.807) is 12.3 Å². The summed E-state index contributed by atoms with van der Waals surface area (Å²) in [6.45, 7) is 6.33. The van der Waals surface area contributed by atoms with Crippen LogP contribution in [0.25, 0.3) is 0 Å². The van der Waals surface area contributed by atoms with Crippen LogP contribution in [0.5, 0.6) is 0 Å². The van der Waals surface area contributed by atoms with E-state index in [1.807, 2.05) is 0 Å². The molecule has 0 amide bonds. The topological polar surface area (TPSA) is 16.1 Å². The Morgan fingerprint density at radius 1 is 1.44 bits per heavy atom. The molecule has 16 heavy (non-hydrogen) atoms. The Kier molecular flexibility index (Phi) is 5.53. The van der Waals surface area contributed by atoms with Gasteiger partial charge in [0.25, 0.3) is 0 Å². The minimum absolute atomic E-state index is 0.443. The molecule has 1 aromatic rings. The number of aromatic nitrogens is 1. The average Bonchev–Trinajstić information content (AvgIpc) is 2.22. The molecule has 1 rings (SSSR count). The fourth-order valence-electron chi connectivity index (χ4n) is 1.57. The Bertz CT molecular complexity index is 342. The molecule has 0 saturated carbocycles. The van der Waals surface area contributed by atoms with Crippen molar-refractivity contribution in [3.8, 4) is 0 Å². The van der Waals surface area contributed by atoms with Crippen LogP contribution in [0, 0.1) is 5.92 Å². The van der Waals surface area contributed by atoms with Gasteiger partial charge in [-0.1, -0.05) is 43.5 Å². The Morgan fingerprint density at radius 3 is 2.69 bits per heavy atom. The van der Waals surface area contributed by atoms with E-state index in [4.69, 9.17) is 23.2 Å². The molecule has 1 unspecified atom stereocenters. The number of hydrogen-bond acceptors (Lipinski definition) is 2. The van der Waals surface area contributed by atoms with Crippen LogP contribution >= 0.6 is 23.2 Å². The van der Waals surface area contributed by atoms with Gasteiger partial charge >= 0.3 is 0 Å². The van der Waals surface area contributed by atoms with Gasteiger partial charge in [-0.2, -0.15) is 0 Å².